The van der Waals surface area contributed by atoms with Crippen LogP contribution >= 0.6 is 15.9 Å². The van der Waals surface area contributed by atoms with Gasteiger partial charge in [-0.2, -0.15) is 0 Å². The van der Waals surface area contributed by atoms with E-state index in [4.69, 9.17) is 9.47 Å². The normalized spacial score (nSPS) is 13.9. The smallest absolute Gasteiger partial charge is 0.319 e. The Morgan fingerprint density at radius 1 is 1.12 bits per heavy atom. The molecular formula is C10H18BBrO4. The number of hydrogen-bond donors (Lipinski definition) is 0. The van der Waals surface area contributed by atoms with Crippen molar-refractivity contribution in [1.82, 2.24) is 0 Å². The van der Waals surface area contributed by atoms with E-state index in [2.05, 4.69) is 15.9 Å². The van der Waals surface area contributed by atoms with E-state index in [-0.39, 0.29) is 22.6 Å². The van der Waals surface area contributed by atoms with E-state index in [1.807, 2.05) is 0 Å². The first kappa shape index (κ1) is 15.5. The Morgan fingerprint density at radius 2 is 1.62 bits per heavy atom. The van der Waals surface area contributed by atoms with Crippen LogP contribution in [0.25, 0.3) is 0 Å². The summed E-state index contributed by atoms with van der Waals surface area (Å²) in [6, 6.07) is 0. The molecule has 0 amide bonds. The summed E-state index contributed by atoms with van der Waals surface area (Å²) in [4.78, 5) is 22.2. The van der Waals surface area contributed by atoms with E-state index in [1.54, 1.807) is 21.7 Å². The molecule has 0 rings (SSSR count). The van der Waals surface area contributed by atoms with Crippen molar-refractivity contribution in [2.45, 2.75) is 37.3 Å². The van der Waals surface area contributed by atoms with Crippen LogP contribution in [0, 0.1) is 0 Å². The average molecular weight is 293 g/mol. The largest absolute Gasteiger partial charge is 0.466 e. The Labute approximate surface area is 106 Å². The molecule has 16 heavy (non-hydrogen) atoms. The van der Waals surface area contributed by atoms with Gasteiger partial charge in [0, 0.05) is 5.82 Å². The van der Waals surface area contributed by atoms with Crippen molar-refractivity contribution in [3.63, 3.8) is 0 Å². The number of ether oxygens (including phenoxy) is 2. The van der Waals surface area contributed by atoms with Gasteiger partial charge < -0.3 is 9.47 Å². The fraction of sp³-hybridized carbons (Fsp3) is 0.800. The van der Waals surface area contributed by atoms with Crippen LogP contribution in [-0.4, -0.2) is 37.8 Å². The third kappa shape index (κ3) is 6.15. The summed E-state index contributed by atoms with van der Waals surface area (Å²) >= 11 is 3.23. The lowest BCUT2D eigenvalue weighted by atomic mass is 9.83. The van der Waals surface area contributed by atoms with E-state index in [0.717, 1.165) is 0 Å². The zero-order valence-corrected chi connectivity index (χ0v) is 11.6. The van der Waals surface area contributed by atoms with Gasteiger partial charge in [0.25, 0.3) is 0 Å². The maximum atomic E-state index is 11.3. The summed E-state index contributed by atoms with van der Waals surface area (Å²) < 4.78 is 9.72. The van der Waals surface area contributed by atoms with E-state index in [1.165, 1.54) is 0 Å². The SMILES string of the molecule is BC(CCC(Br)C(=O)OCC)C(=O)OCC. The van der Waals surface area contributed by atoms with Crippen LogP contribution in [0.1, 0.15) is 26.7 Å². The molecule has 0 spiro atoms. The van der Waals surface area contributed by atoms with E-state index in [9.17, 15) is 9.59 Å². The first-order chi connectivity index (χ1) is 7.52. The Morgan fingerprint density at radius 3 is 2.12 bits per heavy atom. The van der Waals surface area contributed by atoms with Gasteiger partial charge in [-0.25, -0.2) is 0 Å². The van der Waals surface area contributed by atoms with Gasteiger partial charge in [-0.15, -0.1) is 0 Å². The minimum absolute atomic E-state index is 0.186. The Kier molecular flexibility index (Phi) is 8.34. The van der Waals surface area contributed by atoms with Crippen LogP contribution in [-0.2, 0) is 19.1 Å². The molecule has 0 fully saturated rings. The molecule has 2 atom stereocenters. The summed E-state index contributed by atoms with van der Waals surface area (Å²) in [5.41, 5.74) is 0. The van der Waals surface area contributed by atoms with Crippen LogP contribution in [0.5, 0.6) is 0 Å². The predicted octanol–water partition coefficient (Wildman–Crippen LogP) is 1.08. The lowest BCUT2D eigenvalue weighted by Gasteiger charge is -2.12. The third-order valence-electron chi connectivity index (χ3n) is 2.08. The lowest BCUT2D eigenvalue weighted by Crippen LogP contribution is -2.20. The summed E-state index contributed by atoms with van der Waals surface area (Å²) in [5, 5.41) is 0. The van der Waals surface area contributed by atoms with E-state index >= 15 is 0 Å². The van der Waals surface area contributed by atoms with Crippen molar-refractivity contribution in [1.29, 1.82) is 0 Å². The molecule has 0 saturated carbocycles. The molecule has 4 nitrogen and oxygen atoms in total. The number of rotatable bonds is 7. The number of carbonyl (C=O) groups is 2. The van der Waals surface area contributed by atoms with Crippen molar-refractivity contribution >= 4 is 35.7 Å². The number of alkyl halides is 1. The number of esters is 2. The molecule has 92 valence electrons. The Bertz CT molecular complexity index is 211. The Hall–Kier alpha value is -0.515. The molecule has 0 bridgehead atoms. The minimum atomic E-state index is -0.343. The number of hydrogen-bond acceptors (Lipinski definition) is 4. The maximum Gasteiger partial charge on any atom is 0.319 e. The molecule has 0 radical (unpaired) electrons. The summed E-state index contributed by atoms with van der Waals surface area (Å²) in [6.07, 6.45) is 1.17. The predicted molar refractivity (Wildman–Crippen MR) is 67.5 cm³/mol. The monoisotopic (exact) mass is 292 g/mol. The van der Waals surface area contributed by atoms with Crippen LogP contribution < -0.4 is 0 Å². The van der Waals surface area contributed by atoms with Crippen molar-refractivity contribution in [3.8, 4) is 0 Å². The van der Waals surface area contributed by atoms with E-state index < -0.39 is 0 Å². The molecular weight excluding hydrogens is 275 g/mol. The van der Waals surface area contributed by atoms with Crippen molar-refractivity contribution in [3.05, 3.63) is 0 Å². The van der Waals surface area contributed by atoms with E-state index in [0.29, 0.717) is 26.1 Å². The molecule has 0 aromatic rings. The first-order valence-corrected chi connectivity index (χ1v) is 6.41. The molecule has 0 saturated heterocycles. The molecule has 0 N–H and O–H groups in total. The van der Waals surface area contributed by atoms with Gasteiger partial charge >= 0.3 is 11.9 Å². The molecule has 6 heteroatoms. The van der Waals surface area contributed by atoms with Gasteiger partial charge in [-0.1, -0.05) is 15.9 Å². The molecule has 0 aromatic heterocycles. The first-order valence-electron chi connectivity index (χ1n) is 5.50. The fourth-order valence-electron chi connectivity index (χ4n) is 1.15. The van der Waals surface area contributed by atoms with Gasteiger partial charge in [0.1, 0.15) is 12.7 Å². The fourth-order valence-corrected chi connectivity index (χ4v) is 1.55. The molecule has 0 aromatic carbocycles. The van der Waals surface area contributed by atoms with Gasteiger partial charge in [0.15, 0.2) is 0 Å². The lowest BCUT2D eigenvalue weighted by molar-refractivity contribution is -0.144. The zero-order chi connectivity index (χ0) is 12.6. The molecule has 0 aliphatic rings. The number of carbonyl (C=O) groups excluding carboxylic acids is 2. The highest BCUT2D eigenvalue weighted by Gasteiger charge is 2.20. The second-order valence-electron chi connectivity index (χ2n) is 3.45. The highest BCUT2D eigenvalue weighted by molar-refractivity contribution is 9.10. The maximum absolute atomic E-state index is 11.3. The quantitative estimate of drug-likeness (QED) is 0.400. The standard InChI is InChI=1S/C10H18BBrO4/c1-3-15-9(13)7(11)5-6-8(12)10(14)16-4-2/h7-8H,3-6,11H2,1-2H3. The highest BCUT2D eigenvalue weighted by atomic mass is 79.9. The summed E-state index contributed by atoms with van der Waals surface area (Å²) in [5.74, 6) is -0.681. The van der Waals surface area contributed by atoms with Gasteiger partial charge in [0.2, 0.25) is 0 Å². The van der Waals surface area contributed by atoms with Gasteiger partial charge in [0.05, 0.1) is 13.2 Å². The molecule has 0 aliphatic heterocycles. The molecule has 0 aliphatic carbocycles. The minimum Gasteiger partial charge on any atom is -0.466 e. The Balaban J connectivity index is 3.86. The second-order valence-corrected chi connectivity index (χ2v) is 4.56. The molecule has 2 unspecified atom stereocenters. The van der Waals surface area contributed by atoms with Crippen LogP contribution in [0.4, 0.5) is 0 Å². The molecule has 0 heterocycles. The van der Waals surface area contributed by atoms with Crippen LogP contribution in [0.3, 0.4) is 0 Å². The topological polar surface area (TPSA) is 52.6 Å². The summed E-state index contributed by atoms with van der Waals surface area (Å²) in [6.45, 7) is 4.29. The second kappa shape index (κ2) is 8.62. The zero-order valence-electron chi connectivity index (χ0n) is 9.99. The number of halogens is 1. The van der Waals surface area contributed by atoms with Crippen molar-refractivity contribution in [2.75, 3.05) is 13.2 Å². The van der Waals surface area contributed by atoms with Crippen LogP contribution in [0.15, 0.2) is 0 Å². The van der Waals surface area contributed by atoms with Crippen molar-refractivity contribution < 1.29 is 19.1 Å². The van der Waals surface area contributed by atoms with Crippen LogP contribution in [0.2, 0.25) is 5.82 Å². The highest BCUT2D eigenvalue weighted by Crippen LogP contribution is 2.18. The summed E-state index contributed by atoms with van der Waals surface area (Å²) in [7, 11) is 1.79. The van der Waals surface area contributed by atoms with Gasteiger partial charge in [-0.3, -0.25) is 9.59 Å². The average Bonchev–Trinajstić information content (AvgIpc) is 2.25. The third-order valence-corrected chi connectivity index (χ3v) is 2.92. The van der Waals surface area contributed by atoms with Gasteiger partial charge in [-0.05, 0) is 26.7 Å². The van der Waals surface area contributed by atoms with Crippen molar-refractivity contribution in [2.24, 2.45) is 0 Å².